The molecule has 0 unspecified atom stereocenters. The van der Waals surface area contributed by atoms with E-state index >= 15 is 0 Å². The van der Waals surface area contributed by atoms with Gasteiger partial charge in [-0.25, -0.2) is 0 Å². The fourth-order valence-electron chi connectivity index (χ4n) is 7.06. The van der Waals surface area contributed by atoms with E-state index < -0.39 is 6.10 Å². The number of nitrogens with one attached hydrogen (secondary N) is 2. The molecule has 0 spiro atoms. The van der Waals surface area contributed by atoms with Crippen LogP contribution < -0.4 is 15.8 Å². The van der Waals surface area contributed by atoms with E-state index in [9.17, 15) is 19.5 Å². The third-order valence-corrected chi connectivity index (χ3v) is 9.80. The Morgan fingerprint density at radius 3 is 2.33 bits per heavy atom. The number of pyridine rings is 2. The predicted octanol–water partition coefficient (Wildman–Crippen LogP) is 4.20. The summed E-state index contributed by atoms with van der Waals surface area (Å²) >= 11 is 0. The molecule has 2 amide bonds. The Balaban J connectivity index is 1.48. The molecule has 10 nitrogen and oxygen atoms in total. The van der Waals surface area contributed by atoms with E-state index in [0.29, 0.717) is 48.4 Å². The van der Waals surface area contributed by atoms with Crippen molar-refractivity contribution in [1.29, 1.82) is 0 Å². The third kappa shape index (κ3) is 7.18. The molecule has 2 aliphatic rings. The zero-order valence-electron chi connectivity index (χ0n) is 28.0. The van der Waals surface area contributed by atoms with Gasteiger partial charge in [0.2, 0.25) is 0 Å². The number of carbonyl (C=O) groups excluding carboxylic acids is 2. The summed E-state index contributed by atoms with van der Waals surface area (Å²) in [7, 11) is 4.29. The Morgan fingerprint density at radius 1 is 1.02 bits per heavy atom. The van der Waals surface area contributed by atoms with E-state index in [-0.39, 0.29) is 23.9 Å². The highest BCUT2D eigenvalue weighted by Crippen LogP contribution is 2.35. The predicted molar refractivity (Wildman–Crippen MR) is 181 cm³/mol. The average molecular weight is 629 g/mol. The second-order valence-electron chi connectivity index (χ2n) is 13.1. The van der Waals surface area contributed by atoms with Gasteiger partial charge in [-0.3, -0.25) is 19.4 Å². The van der Waals surface area contributed by atoms with Crippen molar-refractivity contribution in [2.75, 3.05) is 38.6 Å². The van der Waals surface area contributed by atoms with Gasteiger partial charge in [0.25, 0.3) is 17.4 Å². The summed E-state index contributed by atoms with van der Waals surface area (Å²) in [4.78, 5) is 53.2. The molecule has 1 aromatic carbocycles. The summed E-state index contributed by atoms with van der Waals surface area (Å²) in [6.45, 7) is 9.63. The van der Waals surface area contributed by atoms with Crippen LogP contribution >= 0.6 is 0 Å². The van der Waals surface area contributed by atoms with Gasteiger partial charge in [-0.2, -0.15) is 0 Å². The van der Waals surface area contributed by atoms with Crippen LogP contribution in [0.2, 0.25) is 0 Å². The third-order valence-electron chi connectivity index (χ3n) is 9.80. The molecule has 1 aliphatic heterocycles. The van der Waals surface area contributed by atoms with Gasteiger partial charge >= 0.3 is 0 Å². The first-order valence-corrected chi connectivity index (χ1v) is 16.5. The van der Waals surface area contributed by atoms with E-state index in [1.807, 2.05) is 39.0 Å². The van der Waals surface area contributed by atoms with Crippen LogP contribution in [0.5, 0.6) is 0 Å². The molecule has 0 bridgehead atoms. The minimum Gasteiger partial charge on any atom is -0.391 e. The van der Waals surface area contributed by atoms with Crippen molar-refractivity contribution in [3.8, 4) is 11.1 Å². The van der Waals surface area contributed by atoms with Crippen molar-refractivity contribution in [2.24, 2.45) is 0 Å². The number of aromatic nitrogens is 2. The minimum absolute atomic E-state index is 0.120. The molecule has 1 atom stereocenters. The van der Waals surface area contributed by atoms with E-state index in [1.165, 1.54) is 0 Å². The van der Waals surface area contributed by atoms with Crippen LogP contribution in [0.15, 0.2) is 41.3 Å². The summed E-state index contributed by atoms with van der Waals surface area (Å²) in [6, 6.07) is 10.4. The van der Waals surface area contributed by atoms with Crippen molar-refractivity contribution in [2.45, 2.75) is 84.5 Å². The standard InChI is InChI=1S/C36H48N6O4/c1-7-42(28-11-9-27(10-12-28)40(5)6)33-18-26(25-8-13-32(37-19-25)36(46)41-15-14-29(43)21-41)17-30(24(33)4)34(44)38-20-31-22(2)16-23(3)39-35(31)45/h8,13,16-19,27-29,43H,7,9-12,14-15,20-21H2,1-6H3,(H,38,44)(H,39,45)/t27?,28?,29-/m0/s1. The lowest BCUT2D eigenvalue weighted by Gasteiger charge is -2.40. The number of hydrogen-bond acceptors (Lipinski definition) is 7. The molecule has 3 aromatic rings. The maximum atomic E-state index is 13.9. The number of aryl methyl sites for hydroxylation is 2. The van der Waals surface area contributed by atoms with Gasteiger partial charge in [-0.1, -0.05) is 6.07 Å². The monoisotopic (exact) mass is 628 g/mol. The molecule has 1 aliphatic carbocycles. The van der Waals surface area contributed by atoms with Gasteiger partial charge in [0.15, 0.2) is 0 Å². The molecule has 1 saturated carbocycles. The molecule has 1 saturated heterocycles. The Hall–Kier alpha value is -4.02. The number of hydrogen-bond donors (Lipinski definition) is 3. The van der Waals surface area contributed by atoms with Crippen LogP contribution in [-0.2, 0) is 6.54 Å². The zero-order chi connectivity index (χ0) is 33.1. The molecule has 3 heterocycles. The van der Waals surface area contributed by atoms with Crippen LogP contribution in [0.4, 0.5) is 5.69 Å². The normalized spacial score (nSPS) is 19.8. The zero-order valence-corrected chi connectivity index (χ0v) is 28.0. The van der Waals surface area contributed by atoms with Crippen LogP contribution in [0, 0.1) is 20.8 Å². The van der Waals surface area contributed by atoms with Gasteiger partial charge in [0.1, 0.15) is 5.69 Å². The Bertz CT molecular complexity index is 1620. The van der Waals surface area contributed by atoms with E-state index in [2.05, 4.69) is 52.2 Å². The number of β-amino-alcohol motifs (C(OH)–C–C–N with tert-alkyl or cyclic N) is 1. The number of aromatic amines is 1. The molecule has 10 heteroatoms. The van der Waals surface area contributed by atoms with Crippen LogP contribution in [0.25, 0.3) is 11.1 Å². The van der Waals surface area contributed by atoms with Gasteiger partial charge < -0.3 is 30.1 Å². The number of aliphatic hydroxyl groups is 1. The largest absolute Gasteiger partial charge is 0.391 e. The number of carbonyl (C=O) groups is 2. The number of benzene rings is 1. The Morgan fingerprint density at radius 2 is 1.74 bits per heavy atom. The summed E-state index contributed by atoms with van der Waals surface area (Å²) < 4.78 is 0. The smallest absolute Gasteiger partial charge is 0.272 e. The maximum absolute atomic E-state index is 13.9. The fourth-order valence-corrected chi connectivity index (χ4v) is 7.06. The molecule has 2 aromatic heterocycles. The first-order chi connectivity index (χ1) is 22.0. The lowest BCUT2D eigenvalue weighted by Crippen LogP contribution is -2.42. The summed E-state index contributed by atoms with van der Waals surface area (Å²) in [6.07, 6.45) is 6.15. The van der Waals surface area contributed by atoms with Crippen molar-refractivity contribution in [3.05, 3.63) is 80.5 Å². The number of aliphatic hydroxyl groups excluding tert-OH is 1. The molecule has 5 rings (SSSR count). The van der Waals surface area contributed by atoms with Crippen molar-refractivity contribution < 1.29 is 14.7 Å². The molecular formula is C36H48N6O4. The summed E-state index contributed by atoms with van der Waals surface area (Å²) in [5, 5.41) is 12.9. The number of nitrogens with zero attached hydrogens (tertiary/aromatic N) is 4. The fraction of sp³-hybridized carbons (Fsp3) is 0.500. The van der Waals surface area contributed by atoms with Crippen molar-refractivity contribution in [1.82, 2.24) is 25.1 Å². The summed E-state index contributed by atoms with van der Waals surface area (Å²) in [5.41, 5.74) is 6.36. The van der Waals surface area contributed by atoms with E-state index in [0.717, 1.165) is 65.9 Å². The number of anilines is 1. The quantitative estimate of drug-likeness (QED) is 0.325. The second kappa shape index (κ2) is 14.2. The molecule has 0 radical (unpaired) electrons. The van der Waals surface area contributed by atoms with E-state index in [1.54, 1.807) is 17.2 Å². The Labute approximate surface area is 271 Å². The molecule has 246 valence electrons. The van der Waals surface area contributed by atoms with Crippen LogP contribution in [-0.4, -0.2) is 88.6 Å². The van der Waals surface area contributed by atoms with E-state index in [4.69, 9.17) is 0 Å². The van der Waals surface area contributed by atoms with Gasteiger partial charge in [-0.05, 0) is 115 Å². The number of amides is 2. The topological polar surface area (TPSA) is 122 Å². The summed E-state index contributed by atoms with van der Waals surface area (Å²) in [5.74, 6) is -0.445. The molecule has 2 fully saturated rings. The van der Waals surface area contributed by atoms with Crippen molar-refractivity contribution in [3.63, 3.8) is 0 Å². The Kier molecular flexibility index (Phi) is 10.3. The molecule has 3 N–H and O–H groups in total. The van der Waals surface area contributed by atoms with Crippen LogP contribution in [0.1, 0.15) is 82.3 Å². The van der Waals surface area contributed by atoms with Gasteiger partial charge in [0.05, 0.1) is 6.10 Å². The molecular weight excluding hydrogens is 580 g/mol. The van der Waals surface area contributed by atoms with Crippen LogP contribution in [0.3, 0.4) is 0 Å². The highest BCUT2D eigenvalue weighted by molar-refractivity contribution is 5.99. The number of likely N-dealkylation sites (tertiary alicyclic amines) is 1. The SMILES string of the molecule is CCN(c1cc(-c2ccc(C(=O)N3CC[C@H](O)C3)nc2)cc(C(=O)NCc2c(C)cc(C)[nH]c2=O)c1C)C1CCC(N(C)C)CC1. The maximum Gasteiger partial charge on any atom is 0.272 e. The first-order valence-electron chi connectivity index (χ1n) is 16.5. The highest BCUT2D eigenvalue weighted by Gasteiger charge is 2.29. The average Bonchev–Trinajstić information content (AvgIpc) is 3.47. The second-order valence-corrected chi connectivity index (χ2v) is 13.1. The number of H-pyrrole nitrogens is 1. The first kappa shape index (κ1) is 33.3. The minimum atomic E-state index is -0.494. The highest BCUT2D eigenvalue weighted by atomic mass is 16.3. The molecule has 46 heavy (non-hydrogen) atoms. The lowest BCUT2D eigenvalue weighted by atomic mass is 9.88. The van der Waals surface area contributed by atoms with Gasteiger partial charge in [-0.15, -0.1) is 0 Å². The van der Waals surface area contributed by atoms with Crippen molar-refractivity contribution >= 4 is 17.5 Å². The lowest BCUT2D eigenvalue weighted by molar-refractivity contribution is 0.0759. The number of rotatable bonds is 9. The van der Waals surface area contributed by atoms with Gasteiger partial charge in [0, 0.05) is 72.5 Å².